The van der Waals surface area contributed by atoms with Crippen molar-refractivity contribution >= 4 is 22.9 Å². The summed E-state index contributed by atoms with van der Waals surface area (Å²) in [5, 5.41) is 3.60. The van der Waals surface area contributed by atoms with E-state index >= 15 is 0 Å². The molecule has 3 nitrogen and oxygen atoms in total. The zero-order chi connectivity index (χ0) is 13.9. The Labute approximate surface area is 130 Å². The molecule has 0 saturated carbocycles. The number of morpholine rings is 1. The lowest BCUT2D eigenvalue weighted by atomic mass is 10.0. The SMILES string of the molecule is CCNC(Cc1ccc(Cl)s1)C1CN2CCCC2CO1. The zero-order valence-corrected chi connectivity index (χ0v) is 13.6. The number of thiophene rings is 1. The molecule has 3 heterocycles. The van der Waals surface area contributed by atoms with Crippen molar-refractivity contribution in [3.8, 4) is 0 Å². The van der Waals surface area contributed by atoms with Crippen LogP contribution in [0.25, 0.3) is 0 Å². The zero-order valence-electron chi connectivity index (χ0n) is 12.0. The van der Waals surface area contributed by atoms with Crippen LogP contribution in [0.3, 0.4) is 0 Å². The number of likely N-dealkylation sites (N-methyl/N-ethyl adjacent to an activating group) is 1. The van der Waals surface area contributed by atoms with Crippen molar-refractivity contribution in [1.82, 2.24) is 10.2 Å². The van der Waals surface area contributed by atoms with Crippen LogP contribution in [0.15, 0.2) is 12.1 Å². The highest BCUT2D eigenvalue weighted by molar-refractivity contribution is 7.16. The molecule has 0 aromatic carbocycles. The normalized spacial score (nSPS) is 28.5. The molecular weight excluding hydrogens is 292 g/mol. The molecule has 1 N–H and O–H groups in total. The van der Waals surface area contributed by atoms with Crippen molar-refractivity contribution in [3.05, 3.63) is 21.3 Å². The van der Waals surface area contributed by atoms with Gasteiger partial charge in [-0.3, -0.25) is 4.90 Å². The average molecular weight is 315 g/mol. The highest BCUT2D eigenvalue weighted by atomic mass is 35.5. The highest BCUT2D eigenvalue weighted by Gasteiger charge is 2.35. The number of halogens is 1. The van der Waals surface area contributed by atoms with E-state index in [1.54, 1.807) is 11.3 Å². The van der Waals surface area contributed by atoms with Gasteiger partial charge in [0.05, 0.1) is 17.0 Å². The van der Waals surface area contributed by atoms with Crippen molar-refractivity contribution in [2.45, 2.75) is 44.4 Å². The summed E-state index contributed by atoms with van der Waals surface area (Å²) >= 11 is 7.72. The van der Waals surface area contributed by atoms with Gasteiger partial charge in [-0.25, -0.2) is 0 Å². The van der Waals surface area contributed by atoms with E-state index in [9.17, 15) is 0 Å². The quantitative estimate of drug-likeness (QED) is 0.904. The molecule has 2 fully saturated rings. The summed E-state index contributed by atoms with van der Waals surface area (Å²) in [6.45, 7) is 6.36. The monoisotopic (exact) mass is 314 g/mol. The van der Waals surface area contributed by atoms with E-state index in [1.807, 2.05) is 6.07 Å². The van der Waals surface area contributed by atoms with Gasteiger partial charge in [0.25, 0.3) is 0 Å². The second-order valence-electron chi connectivity index (χ2n) is 5.74. The van der Waals surface area contributed by atoms with E-state index in [0.29, 0.717) is 18.2 Å². The molecular formula is C15H23ClN2OS. The topological polar surface area (TPSA) is 24.5 Å². The minimum absolute atomic E-state index is 0.296. The summed E-state index contributed by atoms with van der Waals surface area (Å²) in [7, 11) is 0. The maximum Gasteiger partial charge on any atom is 0.0931 e. The fourth-order valence-corrected chi connectivity index (χ4v) is 4.51. The standard InChI is InChI=1S/C15H23ClN2OS/c1-2-17-13(8-12-5-6-15(16)20-12)14-9-18-7-3-4-11(18)10-19-14/h5-6,11,13-14,17H,2-4,7-10H2,1H3. The number of ether oxygens (including phenoxy) is 1. The van der Waals surface area contributed by atoms with Gasteiger partial charge in [-0.15, -0.1) is 11.3 Å². The van der Waals surface area contributed by atoms with Crippen LogP contribution in [0, 0.1) is 0 Å². The van der Waals surface area contributed by atoms with E-state index in [0.717, 1.165) is 30.5 Å². The maximum absolute atomic E-state index is 6.15. The second kappa shape index (κ2) is 6.75. The molecule has 2 aliphatic heterocycles. The Balaban J connectivity index is 1.63. The maximum atomic E-state index is 6.15. The number of nitrogens with zero attached hydrogens (tertiary/aromatic N) is 1. The first kappa shape index (κ1) is 14.8. The van der Waals surface area contributed by atoms with E-state index in [4.69, 9.17) is 16.3 Å². The molecule has 1 aromatic rings. The highest BCUT2D eigenvalue weighted by Crippen LogP contribution is 2.27. The van der Waals surface area contributed by atoms with Crippen molar-refractivity contribution in [2.24, 2.45) is 0 Å². The lowest BCUT2D eigenvalue weighted by Gasteiger charge is -2.39. The van der Waals surface area contributed by atoms with Crippen molar-refractivity contribution in [1.29, 1.82) is 0 Å². The molecule has 20 heavy (non-hydrogen) atoms. The summed E-state index contributed by atoms with van der Waals surface area (Å²) in [4.78, 5) is 3.95. The minimum Gasteiger partial charge on any atom is -0.374 e. The van der Waals surface area contributed by atoms with Gasteiger partial charge in [0.15, 0.2) is 0 Å². The van der Waals surface area contributed by atoms with Gasteiger partial charge in [0.2, 0.25) is 0 Å². The predicted molar refractivity (Wildman–Crippen MR) is 84.8 cm³/mol. The molecule has 2 aliphatic rings. The number of hydrogen-bond donors (Lipinski definition) is 1. The lowest BCUT2D eigenvalue weighted by molar-refractivity contribution is -0.0640. The molecule has 2 saturated heterocycles. The van der Waals surface area contributed by atoms with Crippen molar-refractivity contribution < 1.29 is 4.74 Å². The smallest absolute Gasteiger partial charge is 0.0931 e. The number of fused-ring (bicyclic) bond motifs is 1. The molecule has 3 unspecified atom stereocenters. The Morgan fingerprint density at radius 3 is 3.20 bits per heavy atom. The van der Waals surface area contributed by atoms with Crippen molar-refractivity contribution in [2.75, 3.05) is 26.2 Å². The molecule has 0 bridgehead atoms. The van der Waals surface area contributed by atoms with Crippen LogP contribution < -0.4 is 5.32 Å². The Morgan fingerprint density at radius 2 is 2.45 bits per heavy atom. The third-order valence-electron chi connectivity index (χ3n) is 4.38. The lowest BCUT2D eigenvalue weighted by Crippen LogP contribution is -2.54. The van der Waals surface area contributed by atoms with Gasteiger partial charge in [-0.2, -0.15) is 0 Å². The first-order chi connectivity index (χ1) is 9.76. The van der Waals surface area contributed by atoms with Crippen LogP contribution in [0.5, 0.6) is 0 Å². The fraction of sp³-hybridized carbons (Fsp3) is 0.733. The van der Waals surface area contributed by atoms with E-state index in [2.05, 4.69) is 23.2 Å². The average Bonchev–Trinajstić information content (AvgIpc) is 3.06. The molecule has 112 valence electrons. The number of nitrogens with one attached hydrogen (secondary N) is 1. The third-order valence-corrected chi connectivity index (χ3v) is 5.63. The summed E-state index contributed by atoms with van der Waals surface area (Å²) in [6.07, 6.45) is 3.94. The van der Waals surface area contributed by atoms with Crippen LogP contribution in [-0.2, 0) is 11.2 Å². The Bertz CT molecular complexity index is 439. The molecule has 0 amide bonds. The van der Waals surface area contributed by atoms with Crippen molar-refractivity contribution in [3.63, 3.8) is 0 Å². The van der Waals surface area contributed by atoms with Crippen LogP contribution in [0.2, 0.25) is 4.34 Å². The van der Waals surface area contributed by atoms with E-state index in [1.165, 1.54) is 24.3 Å². The first-order valence-corrected chi connectivity index (χ1v) is 8.79. The van der Waals surface area contributed by atoms with Crippen LogP contribution >= 0.6 is 22.9 Å². The van der Waals surface area contributed by atoms with Gasteiger partial charge >= 0.3 is 0 Å². The number of hydrogen-bond acceptors (Lipinski definition) is 4. The van der Waals surface area contributed by atoms with Crippen LogP contribution in [0.1, 0.15) is 24.6 Å². The van der Waals surface area contributed by atoms with Gasteiger partial charge < -0.3 is 10.1 Å². The van der Waals surface area contributed by atoms with Gasteiger partial charge in [-0.1, -0.05) is 18.5 Å². The Kier molecular flexibility index (Phi) is 5.00. The van der Waals surface area contributed by atoms with Crippen LogP contribution in [0.4, 0.5) is 0 Å². The van der Waals surface area contributed by atoms with Gasteiger partial charge in [-0.05, 0) is 44.5 Å². The fourth-order valence-electron chi connectivity index (χ4n) is 3.36. The number of rotatable bonds is 5. The predicted octanol–water partition coefficient (Wildman–Crippen LogP) is 2.79. The second-order valence-corrected chi connectivity index (χ2v) is 7.54. The van der Waals surface area contributed by atoms with E-state index in [-0.39, 0.29) is 0 Å². The molecule has 1 aromatic heterocycles. The first-order valence-electron chi connectivity index (χ1n) is 7.59. The summed E-state index contributed by atoms with van der Waals surface area (Å²) in [5.74, 6) is 0. The molecule has 3 rings (SSSR count). The van der Waals surface area contributed by atoms with Gasteiger partial charge in [0, 0.05) is 23.5 Å². The van der Waals surface area contributed by atoms with Gasteiger partial charge in [0.1, 0.15) is 0 Å². The van der Waals surface area contributed by atoms with Crippen LogP contribution in [-0.4, -0.2) is 49.3 Å². The molecule has 3 atom stereocenters. The largest absolute Gasteiger partial charge is 0.374 e. The molecule has 0 spiro atoms. The summed E-state index contributed by atoms with van der Waals surface area (Å²) < 4.78 is 7.03. The Morgan fingerprint density at radius 1 is 1.55 bits per heavy atom. The minimum atomic E-state index is 0.296. The molecule has 5 heteroatoms. The summed E-state index contributed by atoms with van der Waals surface area (Å²) in [6, 6.07) is 5.18. The molecule has 0 aliphatic carbocycles. The summed E-state index contributed by atoms with van der Waals surface area (Å²) in [5.41, 5.74) is 0. The third kappa shape index (κ3) is 3.37. The van der Waals surface area contributed by atoms with E-state index < -0.39 is 0 Å². The molecule has 0 radical (unpaired) electrons. The Hall–Kier alpha value is -0.130.